The molecule has 0 radical (unpaired) electrons. The molecule has 0 aromatic carbocycles. The molecule has 17 heavy (non-hydrogen) atoms. The lowest BCUT2D eigenvalue weighted by Crippen LogP contribution is -2.30. The number of nitrogens with one attached hydrogen (secondary N) is 1. The molecule has 5 nitrogen and oxygen atoms in total. The van der Waals surface area contributed by atoms with E-state index in [4.69, 9.17) is 9.26 Å². The number of ether oxygens (including phenoxy) is 1. The predicted molar refractivity (Wildman–Crippen MR) is 61.3 cm³/mol. The van der Waals surface area contributed by atoms with Crippen molar-refractivity contribution in [3.63, 3.8) is 0 Å². The third kappa shape index (κ3) is 2.21. The Balaban J connectivity index is 1.68. The van der Waals surface area contributed by atoms with Gasteiger partial charge in [-0.05, 0) is 25.2 Å². The highest BCUT2D eigenvalue weighted by atomic mass is 16.5. The molecule has 1 aliphatic heterocycles. The number of hydrogen-bond acceptors (Lipinski definition) is 5. The van der Waals surface area contributed by atoms with Crippen molar-refractivity contribution in [1.82, 2.24) is 15.5 Å². The third-order valence-electron chi connectivity index (χ3n) is 3.92. The Morgan fingerprint density at radius 3 is 3.12 bits per heavy atom. The zero-order valence-electron chi connectivity index (χ0n) is 10.2. The summed E-state index contributed by atoms with van der Waals surface area (Å²) in [6, 6.07) is 0.910. The van der Waals surface area contributed by atoms with Crippen molar-refractivity contribution in [2.45, 2.75) is 50.8 Å². The normalized spacial score (nSPS) is 32.6. The van der Waals surface area contributed by atoms with Gasteiger partial charge in [0.05, 0.1) is 6.04 Å². The molecule has 3 unspecified atom stereocenters. The van der Waals surface area contributed by atoms with Crippen LogP contribution in [-0.2, 0) is 11.3 Å². The molecule has 1 N–H and O–H groups in total. The van der Waals surface area contributed by atoms with Crippen LogP contribution < -0.4 is 5.32 Å². The number of methoxy groups -OCH3 is 1. The van der Waals surface area contributed by atoms with E-state index >= 15 is 0 Å². The van der Waals surface area contributed by atoms with Crippen LogP contribution in [0.4, 0.5) is 0 Å². The van der Waals surface area contributed by atoms with Crippen LogP contribution in [0.1, 0.15) is 49.9 Å². The molecular formula is C12H19N3O2. The summed E-state index contributed by atoms with van der Waals surface area (Å²) in [5.74, 6) is 2.16. The van der Waals surface area contributed by atoms with E-state index in [9.17, 15) is 0 Å². The van der Waals surface area contributed by atoms with Crippen LogP contribution in [-0.4, -0.2) is 23.3 Å². The van der Waals surface area contributed by atoms with Crippen LogP contribution in [0.5, 0.6) is 0 Å². The lowest BCUT2D eigenvalue weighted by atomic mass is 9.85. The Labute approximate surface area is 101 Å². The Morgan fingerprint density at radius 1 is 1.41 bits per heavy atom. The smallest absolute Gasteiger partial charge is 0.243 e. The van der Waals surface area contributed by atoms with Gasteiger partial charge in [-0.2, -0.15) is 4.98 Å². The summed E-state index contributed by atoms with van der Waals surface area (Å²) in [5, 5.41) is 7.54. The average Bonchev–Trinajstić information content (AvgIpc) is 2.94. The molecule has 1 saturated carbocycles. The molecule has 1 saturated heterocycles. The molecular weight excluding hydrogens is 218 g/mol. The van der Waals surface area contributed by atoms with Crippen LogP contribution in [0.3, 0.4) is 0 Å². The first kappa shape index (κ1) is 11.2. The summed E-state index contributed by atoms with van der Waals surface area (Å²) in [6.45, 7) is 0.420. The molecule has 2 aliphatic rings. The van der Waals surface area contributed by atoms with Crippen LogP contribution in [0.15, 0.2) is 4.52 Å². The molecule has 3 atom stereocenters. The third-order valence-corrected chi connectivity index (χ3v) is 3.92. The molecule has 3 rings (SSSR count). The van der Waals surface area contributed by atoms with E-state index in [1.165, 1.54) is 25.7 Å². The summed E-state index contributed by atoms with van der Waals surface area (Å²) in [7, 11) is 1.64. The van der Waals surface area contributed by atoms with Gasteiger partial charge in [-0.15, -0.1) is 0 Å². The topological polar surface area (TPSA) is 60.2 Å². The zero-order chi connectivity index (χ0) is 11.7. The average molecular weight is 237 g/mol. The van der Waals surface area contributed by atoms with Crippen molar-refractivity contribution in [2.24, 2.45) is 5.92 Å². The standard InChI is InChI=1S/C12H19N3O2/c1-16-7-11-14-12(17-15-11)10-6-8-4-2-3-5-9(8)13-10/h8-10,13H,2-7H2,1H3. The van der Waals surface area contributed by atoms with Gasteiger partial charge in [0, 0.05) is 13.2 Å². The number of rotatable bonds is 3. The minimum atomic E-state index is 0.251. The molecule has 0 bridgehead atoms. The Bertz CT molecular complexity index is 366. The van der Waals surface area contributed by atoms with Crippen molar-refractivity contribution < 1.29 is 9.26 Å². The minimum absolute atomic E-state index is 0.251. The lowest BCUT2D eigenvalue weighted by molar-refractivity contribution is 0.174. The predicted octanol–water partition coefficient (Wildman–Crippen LogP) is 1.81. The summed E-state index contributed by atoms with van der Waals surface area (Å²) in [5.41, 5.74) is 0. The van der Waals surface area contributed by atoms with E-state index in [0.29, 0.717) is 18.5 Å². The maximum atomic E-state index is 5.30. The van der Waals surface area contributed by atoms with Crippen molar-refractivity contribution >= 4 is 0 Å². The maximum absolute atomic E-state index is 5.30. The highest BCUT2D eigenvalue weighted by Crippen LogP contribution is 2.38. The van der Waals surface area contributed by atoms with E-state index in [1.54, 1.807) is 7.11 Å². The van der Waals surface area contributed by atoms with Crippen molar-refractivity contribution in [3.8, 4) is 0 Å². The lowest BCUT2D eigenvalue weighted by Gasteiger charge is -2.24. The first-order valence-corrected chi connectivity index (χ1v) is 6.44. The van der Waals surface area contributed by atoms with Crippen molar-refractivity contribution in [1.29, 1.82) is 0 Å². The van der Waals surface area contributed by atoms with Crippen LogP contribution >= 0.6 is 0 Å². The van der Waals surface area contributed by atoms with Gasteiger partial charge in [-0.3, -0.25) is 0 Å². The van der Waals surface area contributed by atoms with Gasteiger partial charge in [-0.25, -0.2) is 0 Å². The van der Waals surface area contributed by atoms with Gasteiger partial charge in [0.2, 0.25) is 5.89 Å². The van der Waals surface area contributed by atoms with Gasteiger partial charge < -0.3 is 14.6 Å². The van der Waals surface area contributed by atoms with Gasteiger partial charge in [0.15, 0.2) is 5.82 Å². The molecule has 5 heteroatoms. The SMILES string of the molecule is COCc1noc(C2CC3CCCCC3N2)n1. The molecule has 94 valence electrons. The van der Waals surface area contributed by atoms with E-state index < -0.39 is 0 Å². The van der Waals surface area contributed by atoms with Gasteiger partial charge >= 0.3 is 0 Å². The van der Waals surface area contributed by atoms with E-state index in [1.807, 2.05) is 0 Å². The summed E-state index contributed by atoms with van der Waals surface area (Å²) >= 11 is 0. The van der Waals surface area contributed by atoms with Gasteiger partial charge in [0.25, 0.3) is 0 Å². The second kappa shape index (κ2) is 4.74. The monoisotopic (exact) mass is 237 g/mol. The highest BCUT2D eigenvalue weighted by molar-refractivity contribution is 5.01. The first-order valence-electron chi connectivity index (χ1n) is 6.44. The fourth-order valence-corrected chi connectivity index (χ4v) is 3.11. The second-order valence-corrected chi connectivity index (χ2v) is 5.09. The Kier molecular flexibility index (Phi) is 3.11. The van der Waals surface area contributed by atoms with Crippen molar-refractivity contribution in [2.75, 3.05) is 7.11 Å². The van der Waals surface area contributed by atoms with Gasteiger partial charge in [-0.1, -0.05) is 18.0 Å². The number of aromatic nitrogens is 2. The quantitative estimate of drug-likeness (QED) is 0.868. The molecule has 1 aromatic heterocycles. The van der Waals surface area contributed by atoms with E-state index in [-0.39, 0.29) is 6.04 Å². The fourth-order valence-electron chi connectivity index (χ4n) is 3.11. The maximum Gasteiger partial charge on any atom is 0.243 e. The summed E-state index contributed by atoms with van der Waals surface area (Å²) < 4.78 is 10.3. The number of hydrogen-bond donors (Lipinski definition) is 1. The fraction of sp³-hybridized carbons (Fsp3) is 0.833. The molecule has 1 aromatic rings. The summed E-state index contributed by atoms with van der Waals surface area (Å²) in [6.07, 6.45) is 6.49. The molecule has 0 spiro atoms. The minimum Gasteiger partial charge on any atom is -0.377 e. The molecule has 1 aliphatic carbocycles. The molecule has 2 heterocycles. The Morgan fingerprint density at radius 2 is 2.29 bits per heavy atom. The van der Waals surface area contributed by atoms with Crippen LogP contribution in [0.2, 0.25) is 0 Å². The van der Waals surface area contributed by atoms with Gasteiger partial charge in [0.1, 0.15) is 6.61 Å². The first-order chi connectivity index (χ1) is 8.36. The number of fused-ring (bicyclic) bond motifs is 1. The molecule has 2 fully saturated rings. The number of nitrogens with zero attached hydrogens (tertiary/aromatic N) is 2. The molecule has 0 amide bonds. The van der Waals surface area contributed by atoms with E-state index in [0.717, 1.165) is 18.2 Å². The largest absolute Gasteiger partial charge is 0.377 e. The van der Waals surface area contributed by atoms with Crippen LogP contribution in [0.25, 0.3) is 0 Å². The summed E-state index contributed by atoms with van der Waals surface area (Å²) in [4.78, 5) is 4.37. The van der Waals surface area contributed by atoms with E-state index in [2.05, 4.69) is 15.5 Å². The second-order valence-electron chi connectivity index (χ2n) is 5.09. The highest BCUT2D eigenvalue weighted by Gasteiger charge is 2.37. The van der Waals surface area contributed by atoms with Crippen molar-refractivity contribution in [3.05, 3.63) is 11.7 Å². The Hall–Kier alpha value is -0.940. The van der Waals surface area contributed by atoms with Crippen LogP contribution in [0, 0.1) is 5.92 Å². The zero-order valence-corrected chi connectivity index (χ0v) is 10.2.